The Morgan fingerprint density at radius 3 is 2.09 bits per heavy atom. The lowest BCUT2D eigenvalue weighted by Gasteiger charge is -2.18. The minimum atomic E-state index is -0.228. The quantitative estimate of drug-likeness (QED) is 0.715. The van der Waals surface area contributed by atoms with Gasteiger partial charge in [0.15, 0.2) is 5.82 Å². The molecule has 1 aromatic heterocycles. The van der Waals surface area contributed by atoms with Crippen molar-refractivity contribution in [1.82, 2.24) is 9.97 Å². The third kappa shape index (κ3) is 2.77. The summed E-state index contributed by atoms with van der Waals surface area (Å²) < 4.78 is 15.1. The van der Waals surface area contributed by atoms with Gasteiger partial charge in [0.25, 0.3) is 0 Å². The molecule has 2 rings (SSSR count). The van der Waals surface area contributed by atoms with E-state index in [4.69, 9.17) is 0 Å². The highest BCUT2D eigenvalue weighted by molar-refractivity contribution is 5.86. The van der Waals surface area contributed by atoms with Gasteiger partial charge in [-0.2, -0.15) is 0 Å². The van der Waals surface area contributed by atoms with Crippen LogP contribution in [0.25, 0.3) is 17.0 Å². The summed E-state index contributed by atoms with van der Waals surface area (Å²) in [6.45, 7) is 16.0. The lowest BCUT2D eigenvalue weighted by Crippen LogP contribution is -2.08. The normalized spacial score (nSPS) is 11.9. The van der Waals surface area contributed by atoms with Gasteiger partial charge in [0.2, 0.25) is 0 Å². The maximum Gasteiger partial charge on any atom is 0.153 e. The summed E-state index contributed by atoms with van der Waals surface area (Å²) in [5.74, 6) is 0.940. The lowest BCUT2D eigenvalue weighted by atomic mass is 9.92. The Kier molecular flexibility index (Phi) is 4.64. The molecule has 3 heteroatoms. The molecule has 118 valence electrons. The molecule has 0 fully saturated rings. The van der Waals surface area contributed by atoms with Crippen molar-refractivity contribution in [2.24, 2.45) is 0 Å². The molecular formula is C19H25FN2. The van der Waals surface area contributed by atoms with Crippen LogP contribution < -0.4 is 0 Å². The predicted molar refractivity (Wildman–Crippen MR) is 91.9 cm³/mol. The van der Waals surface area contributed by atoms with Crippen molar-refractivity contribution >= 4 is 17.0 Å². The van der Waals surface area contributed by atoms with Gasteiger partial charge in [-0.1, -0.05) is 54.2 Å². The predicted octanol–water partition coefficient (Wildman–Crippen LogP) is 5.78. The second kappa shape index (κ2) is 6.15. The number of nitrogens with zero attached hydrogens (tertiary/aromatic N) is 2. The second-order valence-corrected chi connectivity index (χ2v) is 6.72. The molecule has 0 saturated carbocycles. The molecule has 0 aliphatic carbocycles. The molecule has 0 spiro atoms. The second-order valence-electron chi connectivity index (χ2n) is 6.72. The Morgan fingerprint density at radius 1 is 1.00 bits per heavy atom. The summed E-state index contributed by atoms with van der Waals surface area (Å²) in [4.78, 5) is 9.19. The third-order valence-corrected chi connectivity index (χ3v) is 3.91. The zero-order valence-electron chi connectivity index (χ0n) is 14.4. The van der Waals surface area contributed by atoms with E-state index in [1.807, 2.05) is 33.8 Å². The van der Waals surface area contributed by atoms with Crippen LogP contribution >= 0.6 is 0 Å². The SMILES string of the molecule is C=Cc1cc2c(C(C)C)nc(C(C)C)nc2c(F)c1C(C)C. The highest BCUT2D eigenvalue weighted by Gasteiger charge is 2.21. The molecule has 0 saturated heterocycles. The summed E-state index contributed by atoms with van der Waals surface area (Å²) in [6, 6.07) is 1.99. The average molecular weight is 300 g/mol. The maximum absolute atomic E-state index is 15.1. The summed E-state index contributed by atoms with van der Waals surface area (Å²) in [7, 11) is 0. The molecule has 0 aliphatic rings. The molecule has 0 unspecified atom stereocenters. The molecule has 22 heavy (non-hydrogen) atoms. The molecule has 2 nitrogen and oxygen atoms in total. The fourth-order valence-electron chi connectivity index (χ4n) is 2.76. The van der Waals surface area contributed by atoms with Crippen LogP contribution in [0.1, 0.15) is 81.9 Å². The molecule has 0 bridgehead atoms. The smallest absolute Gasteiger partial charge is 0.153 e. The van der Waals surface area contributed by atoms with Crippen molar-refractivity contribution in [3.63, 3.8) is 0 Å². The summed E-state index contributed by atoms with van der Waals surface area (Å²) >= 11 is 0. The van der Waals surface area contributed by atoms with E-state index in [1.54, 1.807) is 6.08 Å². The molecule has 0 aliphatic heterocycles. The van der Waals surface area contributed by atoms with Gasteiger partial charge in [0, 0.05) is 11.3 Å². The fraction of sp³-hybridized carbons (Fsp3) is 0.474. The van der Waals surface area contributed by atoms with Crippen LogP contribution in [0.3, 0.4) is 0 Å². The Bertz CT molecular complexity index is 715. The van der Waals surface area contributed by atoms with Gasteiger partial charge in [-0.15, -0.1) is 0 Å². The van der Waals surface area contributed by atoms with Crippen LogP contribution in [0.15, 0.2) is 12.6 Å². The highest BCUT2D eigenvalue weighted by atomic mass is 19.1. The van der Waals surface area contributed by atoms with Crippen LogP contribution in [-0.4, -0.2) is 9.97 Å². The maximum atomic E-state index is 15.1. The molecule has 1 heterocycles. The largest absolute Gasteiger partial charge is 0.237 e. The molecular weight excluding hydrogens is 275 g/mol. The molecule has 0 radical (unpaired) electrons. The van der Waals surface area contributed by atoms with E-state index >= 15 is 4.39 Å². The van der Waals surface area contributed by atoms with Crippen LogP contribution in [0, 0.1) is 5.82 Å². The number of fused-ring (bicyclic) bond motifs is 1. The van der Waals surface area contributed by atoms with E-state index in [0.29, 0.717) is 16.9 Å². The van der Waals surface area contributed by atoms with Crippen molar-refractivity contribution < 1.29 is 4.39 Å². The number of halogens is 1. The fourth-order valence-corrected chi connectivity index (χ4v) is 2.76. The lowest BCUT2D eigenvalue weighted by molar-refractivity contribution is 0.603. The molecule has 2 aromatic rings. The summed E-state index contributed by atoms with van der Waals surface area (Å²) in [6.07, 6.45) is 1.72. The number of aromatic nitrogens is 2. The van der Waals surface area contributed by atoms with Crippen LogP contribution in [-0.2, 0) is 0 Å². The van der Waals surface area contributed by atoms with E-state index in [9.17, 15) is 0 Å². The zero-order valence-corrected chi connectivity index (χ0v) is 14.4. The van der Waals surface area contributed by atoms with Crippen LogP contribution in [0.2, 0.25) is 0 Å². The van der Waals surface area contributed by atoms with E-state index < -0.39 is 0 Å². The summed E-state index contributed by atoms with van der Waals surface area (Å²) in [5, 5.41) is 0.802. The van der Waals surface area contributed by atoms with E-state index in [0.717, 1.165) is 16.6 Å². The number of rotatable bonds is 4. The first-order chi connectivity index (χ1) is 10.3. The van der Waals surface area contributed by atoms with Crippen molar-refractivity contribution in [3.05, 3.63) is 41.1 Å². The van der Waals surface area contributed by atoms with E-state index in [-0.39, 0.29) is 23.6 Å². The molecule has 0 amide bonds. The van der Waals surface area contributed by atoms with Crippen molar-refractivity contribution in [3.8, 4) is 0 Å². The first kappa shape index (κ1) is 16.6. The van der Waals surface area contributed by atoms with Gasteiger partial charge < -0.3 is 0 Å². The minimum absolute atomic E-state index is 0.0809. The van der Waals surface area contributed by atoms with Gasteiger partial charge >= 0.3 is 0 Å². The Morgan fingerprint density at radius 2 is 1.64 bits per heavy atom. The van der Waals surface area contributed by atoms with Crippen molar-refractivity contribution in [2.45, 2.75) is 59.3 Å². The van der Waals surface area contributed by atoms with Gasteiger partial charge in [0.05, 0.1) is 5.69 Å². The monoisotopic (exact) mass is 300 g/mol. The van der Waals surface area contributed by atoms with Gasteiger partial charge in [-0.25, -0.2) is 14.4 Å². The molecule has 1 aromatic carbocycles. The Hall–Kier alpha value is -1.77. The highest BCUT2D eigenvalue weighted by Crippen LogP contribution is 2.33. The average Bonchev–Trinajstić information content (AvgIpc) is 2.45. The first-order valence-electron chi connectivity index (χ1n) is 7.94. The number of hydrogen-bond acceptors (Lipinski definition) is 2. The van der Waals surface area contributed by atoms with Crippen molar-refractivity contribution in [1.29, 1.82) is 0 Å². The third-order valence-electron chi connectivity index (χ3n) is 3.91. The topological polar surface area (TPSA) is 25.8 Å². The Labute approximate surface area is 132 Å². The number of benzene rings is 1. The summed E-state index contributed by atoms with van der Waals surface area (Å²) in [5.41, 5.74) is 2.87. The van der Waals surface area contributed by atoms with Gasteiger partial charge in [-0.3, -0.25) is 0 Å². The van der Waals surface area contributed by atoms with Crippen molar-refractivity contribution in [2.75, 3.05) is 0 Å². The molecule has 0 atom stereocenters. The van der Waals surface area contributed by atoms with Crippen LogP contribution in [0.5, 0.6) is 0 Å². The van der Waals surface area contributed by atoms with E-state index in [2.05, 4.69) is 30.4 Å². The van der Waals surface area contributed by atoms with Gasteiger partial charge in [0.1, 0.15) is 11.3 Å². The van der Waals surface area contributed by atoms with Crippen LogP contribution in [0.4, 0.5) is 4.39 Å². The first-order valence-corrected chi connectivity index (χ1v) is 7.94. The van der Waals surface area contributed by atoms with E-state index in [1.165, 1.54) is 0 Å². The van der Waals surface area contributed by atoms with Gasteiger partial charge in [-0.05, 0) is 29.0 Å². The Balaban J connectivity index is 2.96. The molecule has 0 N–H and O–H groups in total. The standard InChI is InChI=1S/C19H25FN2/c1-8-13-9-14-17(11(4)5)21-19(12(6)7)22-18(14)16(20)15(13)10(2)3/h8-12H,1H2,2-7H3. The zero-order chi connectivity index (χ0) is 16.6. The minimum Gasteiger partial charge on any atom is -0.237 e. The number of hydrogen-bond donors (Lipinski definition) is 0.